The van der Waals surface area contributed by atoms with Crippen molar-refractivity contribution < 1.29 is 0 Å². The average molecular weight is 271 g/mol. The summed E-state index contributed by atoms with van der Waals surface area (Å²) in [5, 5.41) is 3.30. The smallest absolute Gasteiger partial charge is 0.252 e. The number of rotatable bonds is 6. The van der Waals surface area contributed by atoms with Crippen LogP contribution in [0.25, 0.3) is 0 Å². The zero-order chi connectivity index (χ0) is 14.4. The molecule has 0 aliphatic heterocycles. The van der Waals surface area contributed by atoms with E-state index in [0.29, 0.717) is 5.82 Å². The fourth-order valence-electron chi connectivity index (χ4n) is 2.10. The zero-order valence-corrected chi connectivity index (χ0v) is 12.0. The lowest BCUT2D eigenvalue weighted by Gasteiger charge is -2.14. The van der Waals surface area contributed by atoms with Gasteiger partial charge in [-0.05, 0) is 25.3 Å². The van der Waals surface area contributed by atoms with E-state index in [2.05, 4.69) is 46.5 Å². The molecule has 0 bridgehead atoms. The monoisotopic (exact) mass is 271 g/mol. The van der Waals surface area contributed by atoms with Gasteiger partial charge in [0.25, 0.3) is 5.56 Å². The van der Waals surface area contributed by atoms with Crippen molar-refractivity contribution in [1.82, 2.24) is 9.97 Å². The molecule has 0 aliphatic carbocycles. The molecule has 1 atom stereocenters. The molecule has 0 radical (unpaired) electrons. The van der Waals surface area contributed by atoms with Crippen LogP contribution in [0.1, 0.15) is 31.7 Å². The van der Waals surface area contributed by atoms with E-state index in [9.17, 15) is 4.79 Å². The number of aromatic nitrogens is 2. The molecular weight excluding hydrogens is 250 g/mol. The van der Waals surface area contributed by atoms with Crippen molar-refractivity contribution in [3.05, 3.63) is 58.1 Å². The summed E-state index contributed by atoms with van der Waals surface area (Å²) >= 11 is 0. The molecule has 106 valence electrons. The fourth-order valence-corrected chi connectivity index (χ4v) is 2.10. The highest BCUT2D eigenvalue weighted by atomic mass is 16.1. The van der Waals surface area contributed by atoms with Gasteiger partial charge < -0.3 is 10.3 Å². The topological polar surface area (TPSA) is 57.8 Å². The van der Waals surface area contributed by atoms with Gasteiger partial charge in [0.2, 0.25) is 0 Å². The Hall–Kier alpha value is -2.10. The highest BCUT2D eigenvalue weighted by Crippen LogP contribution is 2.09. The Kier molecular flexibility index (Phi) is 4.93. The first-order valence-corrected chi connectivity index (χ1v) is 7.08. The second-order valence-corrected chi connectivity index (χ2v) is 5.00. The van der Waals surface area contributed by atoms with Crippen LogP contribution in [-0.2, 0) is 12.8 Å². The normalized spacial score (nSPS) is 12.1. The highest BCUT2D eigenvalue weighted by Gasteiger charge is 2.05. The Morgan fingerprint density at radius 1 is 1.30 bits per heavy atom. The standard InChI is InChI=1S/C16H21N3O/c1-3-14-18-15(11-16(20)19-14)17-12(2)9-10-13-7-5-4-6-8-13/h4-8,11-12H,3,9-10H2,1-2H3,(H2,17,18,19,20). The number of aromatic amines is 1. The largest absolute Gasteiger partial charge is 0.367 e. The maximum Gasteiger partial charge on any atom is 0.252 e. The second-order valence-electron chi connectivity index (χ2n) is 5.00. The minimum Gasteiger partial charge on any atom is -0.367 e. The van der Waals surface area contributed by atoms with E-state index in [4.69, 9.17) is 0 Å². The number of nitrogens with zero attached hydrogens (tertiary/aromatic N) is 1. The van der Waals surface area contributed by atoms with E-state index in [1.807, 2.05) is 13.0 Å². The fraction of sp³-hybridized carbons (Fsp3) is 0.375. The molecule has 2 N–H and O–H groups in total. The summed E-state index contributed by atoms with van der Waals surface area (Å²) in [6, 6.07) is 12.2. The number of hydrogen-bond donors (Lipinski definition) is 2. The average Bonchev–Trinajstić information content (AvgIpc) is 2.45. The number of anilines is 1. The van der Waals surface area contributed by atoms with Crippen LogP contribution in [0.4, 0.5) is 5.82 Å². The first kappa shape index (κ1) is 14.3. The molecule has 2 aromatic rings. The molecule has 1 unspecified atom stereocenters. The van der Waals surface area contributed by atoms with Crippen molar-refractivity contribution in [3.8, 4) is 0 Å². The van der Waals surface area contributed by atoms with Crippen LogP contribution in [0.3, 0.4) is 0 Å². The van der Waals surface area contributed by atoms with Crippen molar-refractivity contribution in [1.29, 1.82) is 0 Å². The van der Waals surface area contributed by atoms with Crippen molar-refractivity contribution >= 4 is 5.82 Å². The molecule has 0 amide bonds. The number of benzene rings is 1. The van der Waals surface area contributed by atoms with Gasteiger partial charge in [-0.25, -0.2) is 4.98 Å². The summed E-state index contributed by atoms with van der Waals surface area (Å²) in [7, 11) is 0. The van der Waals surface area contributed by atoms with Crippen molar-refractivity contribution in [2.45, 2.75) is 39.2 Å². The summed E-state index contributed by atoms with van der Waals surface area (Å²) in [5.41, 5.74) is 1.23. The Morgan fingerprint density at radius 2 is 2.05 bits per heavy atom. The number of nitrogens with one attached hydrogen (secondary N) is 2. The maximum atomic E-state index is 11.5. The Bertz CT molecular complexity index is 592. The van der Waals surface area contributed by atoms with Gasteiger partial charge in [0, 0.05) is 18.5 Å². The molecule has 1 heterocycles. The third-order valence-electron chi connectivity index (χ3n) is 3.23. The lowest BCUT2D eigenvalue weighted by molar-refractivity contribution is 0.700. The molecule has 4 nitrogen and oxygen atoms in total. The van der Waals surface area contributed by atoms with Gasteiger partial charge in [-0.1, -0.05) is 37.3 Å². The van der Waals surface area contributed by atoms with Gasteiger partial charge in [0.05, 0.1) is 0 Å². The summed E-state index contributed by atoms with van der Waals surface area (Å²) < 4.78 is 0. The number of hydrogen-bond acceptors (Lipinski definition) is 3. The first-order valence-electron chi connectivity index (χ1n) is 7.08. The van der Waals surface area contributed by atoms with Crippen LogP contribution >= 0.6 is 0 Å². The highest BCUT2D eigenvalue weighted by molar-refractivity contribution is 5.34. The Morgan fingerprint density at radius 3 is 2.75 bits per heavy atom. The molecule has 0 saturated heterocycles. The van der Waals surface area contributed by atoms with E-state index in [1.165, 1.54) is 11.6 Å². The van der Waals surface area contributed by atoms with Crippen LogP contribution in [0.5, 0.6) is 0 Å². The molecule has 0 fully saturated rings. The molecule has 4 heteroatoms. The first-order chi connectivity index (χ1) is 9.67. The van der Waals surface area contributed by atoms with E-state index < -0.39 is 0 Å². The third-order valence-corrected chi connectivity index (χ3v) is 3.23. The molecule has 2 rings (SSSR count). The Balaban J connectivity index is 1.92. The van der Waals surface area contributed by atoms with Gasteiger partial charge in [-0.3, -0.25) is 4.79 Å². The van der Waals surface area contributed by atoms with Gasteiger partial charge in [-0.15, -0.1) is 0 Å². The SMILES string of the molecule is CCc1nc(NC(C)CCc2ccccc2)cc(=O)[nH]1. The van der Waals surface area contributed by atoms with Gasteiger partial charge in [0.15, 0.2) is 0 Å². The minimum atomic E-state index is -0.102. The van der Waals surface area contributed by atoms with Crippen LogP contribution in [0.2, 0.25) is 0 Å². The van der Waals surface area contributed by atoms with E-state index >= 15 is 0 Å². The summed E-state index contributed by atoms with van der Waals surface area (Å²) in [4.78, 5) is 18.6. The predicted octanol–water partition coefficient (Wildman–Crippen LogP) is 2.77. The van der Waals surface area contributed by atoms with Crippen LogP contribution in [0.15, 0.2) is 41.2 Å². The number of H-pyrrole nitrogens is 1. The summed E-state index contributed by atoms with van der Waals surface area (Å²) in [6.07, 6.45) is 2.74. The summed E-state index contributed by atoms with van der Waals surface area (Å²) in [6.45, 7) is 4.08. The van der Waals surface area contributed by atoms with Crippen LogP contribution in [-0.4, -0.2) is 16.0 Å². The molecular formula is C16H21N3O. The van der Waals surface area contributed by atoms with E-state index in [-0.39, 0.29) is 11.6 Å². The molecule has 20 heavy (non-hydrogen) atoms. The Labute approximate surface area is 119 Å². The number of aryl methyl sites for hydroxylation is 2. The molecule has 1 aromatic carbocycles. The van der Waals surface area contributed by atoms with Gasteiger partial charge in [0.1, 0.15) is 11.6 Å². The van der Waals surface area contributed by atoms with Gasteiger partial charge >= 0.3 is 0 Å². The van der Waals surface area contributed by atoms with Crippen molar-refractivity contribution in [3.63, 3.8) is 0 Å². The quantitative estimate of drug-likeness (QED) is 0.849. The molecule has 1 aromatic heterocycles. The van der Waals surface area contributed by atoms with Crippen molar-refractivity contribution in [2.24, 2.45) is 0 Å². The molecule has 0 saturated carbocycles. The minimum absolute atomic E-state index is 0.102. The van der Waals surface area contributed by atoms with E-state index in [1.54, 1.807) is 0 Å². The van der Waals surface area contributed by atoms with Crippen LogP contribution in [0, 0.1) is 0 Å². The van der Waals surface area contributed by atoms with Gasteiger partial charge in [-0.2, -0.15) is 0 Å². The lowest BCUT2D eigenvalue weighted by atomic mass is 10.1. The summed E-state index contributed by atoms with van der Waals surface area (Å²) in [5.74, 6) is 1.38. The van der Waals surface area contributed by atoms with E-state index in [0.717, 1.165) is 25.1 Å². The van der Waals surface area contributed by atoms with Crippen LogP contribution < -0.4 is 10.9 Å². The second kappa shape index (κ2) is 6.89. The molecule has 0 aliphatic rings. The maximum absolute atomic E-state index is 11.5. The third kappa shape index (κ3) is 4.23. The zero-order valence-electron chi connectivity index (χ0n) is 12.0. The molecule has 0 spiro atoms. The van der Waals surface area contributed by atoms with Crippen molar-refractivity contribution in [2.75, 3.05) is 5.32 Å². The lowest BCUT2D eigenvalue weighted by Crippen LogP contribution is -2.20. The predicted molar refractivity (Wildman–Crippen MR) is 82.1 cm³/mol.